The summed E-state index contributed by atoms with van der Waals surface area (Å²) in [7, 11) is 0. The first-order chi connectivity index (χ1) is 15.6. The molecule has 1 N–H and O–H groups in total. The van der Waals surface area contributed by atoms with Gasteiger partial charge in [-0.2, -0.15) is 0 Å². The Hall–Kier alpha value is -4.00. The molecule has 0 heterocycles. The first-order valence-electron chi connectivity index (χ1n) is 10.5. The molecule has 1 amide bonds. The minimum atomic E-state index is -1.29. The molecule has 0 aromatic heterocycles. The Morgan fingerprint density at radius 3 is 2.18 bits per heavy atom. The van der Waals surface area contributed by atoms with Gasteiger partial charge in [-0.1, -0.05) is 69.3 Å². The molecule has 0 aliphatic carbocycles. The quantitative estimate of drug-likeness (QED) is 0.296. The van der Waals surface area contributed by atoms with E-state index in [9.17, 15) is 19.7 Å². The maximum absolute atomic E-state index is 13.1. The van der Waals surface area contributed by atoms with Crippen LogP contribution in [0.25, 0.3) is 0 Å². The number of amides is 1. The van der Waals surface area contributed by atoms with Crippen LogP contribution >= 0.6 is 0 Å². The van der Waals surface area contributed by atoms with Gasteiger partial charge >= 0.3 is 5.97 Å². The van der Waals surface area contributed by atoms with Gasteiger partial charge in [0.1, 0.15) is 5.69 Å². The van der Waals surface area contributed by atoms with Crippen LogP contribution in [0.1, 0.15) is 53.9 Å². The number of nitrogens with one attached hydrogen (secondary N) is 1. The molecule has 7 nitrogen and oxygen atoms in total. The van der Waals surface area contributed by atoms with Gasteiger partial charge in [0.25, 0.3) is 11.6 Å². The minimum Gasteiger partial charge on any atom is -0.444 e. The highest BCUT2D eigenvalue weighted by atomic mass is 16.6. The zero-order valence-electron chi connectivity index (χ0n) is 19.0. The first kappa shape index (κ1) is 23.7. The molecule has 0 spiro atoms. The number of nitro groups is 1. The number of rotatable bonds is 6. The average Bonchev–Trinajstić information content (AvgIpc) is 2.78. The van der Waals surface area contributed by atoms with E-state index in [2.05, 4.69) is 26.1 Å². The Bertz CT molecular complexity index is 1170. The van der Waals surface area contributed by atoms with Gasteiger partial charge in [0.05, 0.1) is 10.5 Å². The van der Waals surface area contributed by atoms with Crippen molar-refractivity contribution in [1.29, 1.82) is 0 Å². The third-order valence-electron chi connectivity index (χ3n) is 5.16. The number of benzene rings is 3. The normalized spacial score (nSPS) is 12.0. The van der Waals surface area contributed by atoms with Crippen molar-refractivity contribution in [1.82, 2.24) is 0 Å². The SMILES string of the molecule is Cc1ccc(NC(=O)[C@H](OC(=O)c2ccc(C(C)(C)C)cc2)c2ccccc2)c([N+](=O)[O-])c1. The molecule has 0 saturated heterocycles. The maximum atomic E-state index is 13.1. The van der Waals surface area contributed by atoms with Crippen molar-refractivity contribution >= 4 is 23.3 Å². The summed E-state index contributed by atoms with van der Waals surface area (Å²) in [5.74, 6) is -1.36. The lowest BCUT2D eigenvalue weighted by Gasteiger charge is -2.20. The second-order valence-corrected chi connectivity index (χ2v) is 8.79. The smallest absolute Gasteiger partial charge is 0.339 e. The van der Waals surface area contributed by atoms with Crippen LogP contribution in [0.4, 0.5) is 11.4 Å². The third kappa shape index (κ3) is 5.83. The van der Waals surface area contributed by atoms with E-state index in [1.165, 1.54) is 12.1 Å². The average molecular weight is 447 g/mol. The van der Waals surface area contributed by atoms with Crippen molar-refractivity contribution in [2.45, 2.75) is 39.2 Å². The summed E-state index contributed by atoms with van der Waals surface area (Å²) in [6, 6.07) is 20.0. The maximum Gasteiger partial charge on any atom is 0.339 e. The van der Waals surface area contributed by atoms with E-state index >= 15 is 0 Å². The van der Waals surface area contributed by atoms with E-state index in [0.29, 0.717) is 16.7 Å². The van der Waals surface area contributed by atoms with Gasteiger partial charge in [-0.15, -0.1) is 0 Å². The summed E-state index contributed by atoms with van der Waals surface area (Å²) in [6.45, 7) is 7.93. The summed E-state index contributed by atoms with van der Waals surface area (Å²) in [6.07, 6.45) is -1.29. The molecule has 170 valence electrons. The van der Waals surface area contributed by atoms with Gasteiger partial charge in [0, 0.05) is 11.6 Å². The fourth-order valence-electron chi connectivity index (χ4n) is 3.28. The van der Waals surface area contributed by atoms with E-state index in [1.54, 1.807) is 55.5 Å². The van der Waals surface area contributed by atoms with Crippen molar-refractivity contribution in [2.75, 3.05) is 5.32 Å². The van der Waals surface area contributed by atoms with Crippen LogP contribution in [-0.4, -0.2) is 16.8 Å². The van der Waals surface area contributed by atoms with E-state index in [4.69, 9.17) is 4.74 Å². The molecule has 0 aliphatic rings. The van der Waals surface area contributed by atoms with Crippen molar-refractivity contribution in [3.05, 3.63) is 105 Å². The predicted molar refractivity (Wildman–Crippen MR) is 126 cm³/mol. The number of aryl methyl sites for hydroxylation is 1. The second-order valence-electron chi connectivity index (χ2n) is 8.79. The van der Waals surface area contributed by atoms with Crippen LogP contribution in [-0.2, 0) is 14.9 Å². The van der Waals surface area contributed by atoms with E-state index in [1.807, 2.05) is 12.1 Å². The predicted octanol–water partition coefficient (Wildman–Crippen LogP) is 5.74. The van der Waals surface area contributed by atoms with Crippen molar-refractivity contribution < 1.29 is 19.2 Å². The Balaban J connectivity index is 1.88. The Morgan fingerprint density at radius 2 is 1.61 bits per heavy atom. The molecule has 0 aliphatic heterocycles. The molecule has 0 bridgehead atoms. The van der Waals surface area contributed by atoms with Crippen molar-refractivity contribution in [2.24, 2.45) is 0 Å². The molecule has 0 saturated carbocycles. The monoisotopic (exact) mass is 446 g/mol. The van der Waals surface area contributed by atoms with E-state index in [-0.39, 0.29) is 16.8 Å². The highest BCUT2D eigenvalue weighted by molar-refractivity contribution is 5.99. The highest BCUT2D eigenvalue weighted by Gasteiger charge is 2.28. The first-order valence-corrected chi connectivity index (χ1v) is 10.5. The molecule has 3 rings (SSSR count). The number of hydrogen-bond acceptors (Lipinski definition) is 5. The lowest BCUT2D eigenvalue weighted by molar-refractivity contribution is -0.384. The zero-order chi connectivity index (χ0) is 24.2. The Morgan fingerprint density at radius 1 is 0.970 bits per heavy atom. The molecule has 3 aromatic carbocycles. The highest BCUT2D eigenvalue weighted by Crippen LogP contribution is 2.28. The van der Waals surface area contributed by atoms with Crippen LogP contribution in [0.2, 0.25) is 0 Å². The molecule has 7 heteroatoms. The topological polar surface area (TPSA) is 98.5 Å². The molecule has 0 radical (unpaired) electrons. The summed E-state index contributed by atoms with van der Waals surface area (Å²) in [5.41, 5.74) is 2.22. The molecule has 0 fully saturated rings. The largest absolute Gasteiger partial charge is 0.444 e. The van der Waals surface area contributed by atoms with Crippen LogP contribution in [0.5, 0.6) is 0 Å². The van der Waals surface area contributed by atoms with Crippen LogP contribution in [0.3, 0.4) is 0 Å². The number of nitro benzene ring substituents is 1. The fraction of sp³-hybridized carbons (Fsp3) is 0.231. The summed E-state index contributed by atoms with van der Waals surface area (Å²) in [4.78, 5) is 36.8. The molecule has 3 aromatic rings. The standard InChI is InChI=1S/C26H26N2O5/c1-17-10-15-21(22(16-17)28(31)32)27-24(29)23(18-8-6-5-7-9-18)33-25(30)19-11-13-20(14-12-19)26(2,3)4/h5-16,23H,1-4H3,(H,27,29)/t23-/m1/s1. The van der Waals surface area contributed by atoms with Gasteiger partial charge < -0.3 is 10.1 Å². The third-order valence-corrected chi connectivity index (χ3v) is 5.16. The van der Waals surface area contributed by atoms with Crippen LogP contribution in [0, 0.1) is 17.0 Å². The van der Waals surface area contributed by atoms with E-state index < -0.39 is 22.9 Å². The second kappa shape index (κ2) is 9.65. The summed E-state index contributed by atoms with van der Waals surface area (Å²) in [5, 5.41) is 14.0. The van der Waals surface area contributed by atoms with Gasteiger partial charge in [-0.25, -0.2) is 4.79 Å². The number of esters is 1. The lowest BCUT2D eigenvalue weighted by Crippen LogP contribution is -2.26. The van der Waals surface area contributed by atoms with Gasteiger partial charge in [-0.05, 0) is 41.7 Å². The number of ether oxygens (including phenoxy) is 1. The zero-order valence-corrected chi connectivity index (χ0v) is 19.0. The molecular weight excluding hydrogens is 420 g/mol. The molecule has 1 atom stereocenters. The number of carbonyl (C=O) groups excluding carboxylic acids is 2. The number of anilines is 1. The minimum absolute atomic E-state index is 0.0297. The molecule has 33 heavy (non-hydrogen) atoms. The Kier molecular flexibility index (Phi) is 6.92. The van der Waals surface area contributed by atoms with Gasteiger partial charge in [-0.3, -0.25) is 14.9 Å². The fourth-order valence-corrected chi connectivity index (χ4v) is 3.28. The van der Waals surface area contributed by atoms with Gasteiger partial charge in [0.15, 0.2) is 0 Å². The van der Waals surface area contributed by atoms with Crippen LogP contribution < -0.4 is 5.32 Å². The number of hydrogen-bond donors (Lipinski definition) is 1. The molecular formula is C26H26N2O5. The van der Waals surface area contributed by atoms with E-state index in [0.717, 1.165) is 5.56 Å². The lowest BCUT2D eigenvalue weighted by atomic mass is 9.87. The number of carbonyl (C=O) groups is 2. The van der Waals surface area contributed by atoms with Crippen LogP contribution in [0.15, 0.2) is 72.8 Å². The van der Waals surface area contributed by atoms with Crippen molar-refractivity contribution in [3.63, 3.8) is 0 Å². The van der Waals surface area contributed by atoms with Gasteiger partial charge in [0.2, 0.25) is 6.10 Å². The van der Waals surface area contributed by atoms with Crippen molar-refractivity contribution in [3.8, 4) is 0 Å². The number of nitrogens with zero attached hydrogens (tertiary/aromatic N) is 1. The molecule has 0 unspecified atom stereocenters. The summed E-state index contributed by atoms with van der Waals surface area (Å²) >= 11 is 0. The summed E-state index contributed by atoms with van der Waals surface area (Å²) < 4.78 is 5.59. The Labute approximate surface area is 192 Å².